The summed E-state index contributed by atoms with van der Waals surface area (Å²) < 4.78 is 41.4. The topological polar surface area (TPSA) is 83.5 Å². The second kappa shape index (κ2) is 7.51. The van der Waals surface area contributed by atoms with Gasteiger partial charge in [0, 0.05) is 22.6 Å². The van der Waals surface area contributed by atoms with Crippen LogP contribution in [-0.2, 0) is 14.9 Å². The molecule has 2 atom stereocenters. The fourth-order valence-corrected chi connectivity index (χ4v) is 6.99. The first-order valence-electron chi connectivity index (χ1n) is 11.6. The number of fused-ring (bicyclic) bond motifs is 2. The Morgan fingerprint density at radius 3 is 1.89 bits per heavy atom. The van der Waals surface area contributed by atoms with Crippen LogP contribution in [0.5, 0.6) is 5.75 Å². The highest BCUT2D eigenvalue weighted by molar-refractivity contribution is 7.86. The first kappa shape index (κ1) is 22.0. The second-order valence-electron chi connectivity index (χ2n) is 9.69. The Kier molecular flexibility index (Phi) is 4.72. The van der Waals surface area contributed by atoms with Gasteiger partial charge in [-0.3, -0.25) is 4.79 Å². The molecule has 0 radical (unpaired) electrons. The van der Waals surface area contributed by atoms with E-state index in [1.54, 1.807) is 24.3 Å². The summed E-state index contributed by atoms with van der Waals surface area (Å²) in [7, 11) is -4.68. The molecule has 35 heavy (non-hydrogen) atoms. The molecule has 0 aromatic heterocycles. The van der Waals surface area contributed by atoms with Crippen molar-refractivity contribution < 1.29 is 22.5 Å². The molecule has 2 bridgehead atoms. The molecule has 176 valence electrons. The van der Waals surface area contributed by atoms with Gasteiger partial charge in [0.15, 0.2) is 0 Å². The summed E-state index contributed by atoms with van der Waals surface area (Å²) in [5, 5.41) is 0.655. The average Bonchev–Trinajstić information content (AvgIpc) is 2.85. The van der Waals surface area contributed by atoms with Gasteiger partial charge in [0.05, 0.1) is 10.3 Å². The zero-order chi connectivity index (χ0) is 24.5. The number of ether oxygens (including phenoxy) is 1. The Hall–Kier alpha value is -3.48. The van der Waals surface area contributed by atoms with Crippen LogP contribution in [0.3, 0.4) is 0 Å². The van der Waals surface area contributed by atoms with Gasteiger partial charge in [-0.2, -0.15) is 0 Å². The molecule has 3 aliphatic rings. The van der Waals surface area contributed by atoms with Gasteiger partial charge < -0.3 is 9.29 Å². The number of carbonyl (C=O) groups excluding carboxylic acids is 1. The Balaban J connectivity index is 1.49. The van der Waals surface area contributed by atoms with Crippen molar-refractivity contribution in [2.24, 2.45) is 11.3 Å². The van der Waals surface area contributed by atoms with Crippen molar-refractivity contribution in [2.45, 2.75) is 30.6 Å². The van der Waals surface area contributed by atoms with Gasteiger partial charge in [-0.15, -0.1) is 0 Å². The van der Waals surface area contributed by atoms with Crippen LogP contribution in [0.4, 0.5) is 0 Å². The standard InChI is InChI=1S/C29H24O5S/c1-17-26-20-11-5-7-13-22(20)27(23-14-8-6-12-21(23)26)29(17,2)28(30)34-24-15-16-25(35(31,32)33)19-10-4-3-9-18(19)24/h3-17,26-27H,1-2H3,(H,31,32,33)/p-1. The molecule has 5 nitrogen and oxygen atoms in total. The van der Waals surface area contributed by atoms with Gasteiger partial charge in [-0.05, 0) is 47.2 Å². The van der Waals surface area contributed by atoms with E-state index in [2.05, 4.69) is 31.2 Å². The minimum atomic E-state index is -4.68. The van der Waals surface area contributed by atoms with Crippen LogP contribution in [0.25, 0.3) is 10.8 Å². The summed E-state index contributed by atoms with van der Waals surface area (Å²) in [6.45, 7) is 4.08. The van der Waals surface area contributed by atoms with Crippen LogP contribution in [0.15, 0.2) is 89.8 Å². The third-order valence-corrected chi connectivity index (χ3v) is 8.98. The van der Waals surface area contributed by atoms with Gasteiger partial charge in [0.2, 0.25) is 0 Å². The summed E-state index contributed by atoms with van der Waals surface area (Å²) in [6, 6.07) is 25.8. The van der Waals surface area contributed by atoms with Crippen molar-refractivity contribution in [2.75, 3.05) is 0 Å². The number of rotatable bonds is 3. The maximum Gasteiger partial charge on any atom is 0.318 e. The van der Waals surface area contributed by atoms with Crippen LogP contribution < -0.4 is 4.74 Å². The zero-order valence-corrected chi connectivity index (χ0v) is 20.1. The van der Waals surface area contributed by atoms with E-state index >= 15 is 0 Å². The Labute approximate surface area is 204 Å². The third-order valence-electron chi connectivity index (χ3n) is 8.09. The molecule has 7 rings (SSSR count). The van der Waals surface area contributed by atoms with Gasteiger partial charge in [0.25, 0.3) is 0 Å². The first-order chi connectivity index (χ1) is 16.7. The maximum atomic E-state index is 14.0. The molecule has 6 heteroatoms. The summed E-state index contributed by atoms with van der Waals surface area (Å²) >= 11 is 0. The zero-order valence-electron chi connectivity index (χ0n) is 19.3. The fourth-order valence-electron chi connectivity index (χ4n) is 6.31. The molecule has 0 spiro atoms. The normalized spacial score (nSPS) is 24.6. The lowest BCUT2D eigenvalue weighted by atomic mass is 9.48. The van der Waals surface area contributed by atoms with Gasteiger partial charge in [-0.1, -0.05) is 79.7 Å². The molecule has 0 heterocycles. The van der Waals surface area contributed by atoms with E-state index in [4.69, 9.17) is 4.74 Å². The van der Waals surface area contributed by atoms with Crippen LogP contribution in [0, 0.1) is 11.3 Å². The second-order valence-corrected chi connectivity index (χ2v) is 11.0. The summed E-state index contributed by atoms with van der Waals surface area (Å²) in [6.07, 6.45) is 0. The van der Waals surface area contributed by atoms with Crippen LogP contribution in [0.1, 0.15) is 47.9 Å². The van der Waals surface area contributed by atoms with Crippen molar-refractivity contribution in [3.8, 4) is 5.75 Å². The van der Waals surface area contributed by atoms with E-state index in [0.717, 1.165) is 11.1 Å². The number of hydrogen-bond donors (Lipinski definition) is 0. The van der Waals surface area contributed by atoms with Crippen LogP contribution >= 0.6 is 0 Å². The summed E-state index contributed by atoms with van der Waals surface area (Å²) in [4.78, 5) is 13.7. The van der Waals surface area contributed by atoms with E-state index in [1.165, 1.54) is 23.3 Å². The van der Waals surface area contributed by atoms with Crippen molar-refractivity contribution in [1.29, 1.82) is 0 Å². The Morgan fingerprint density at radius 1 is 0.800 bits per heavy atom. The van der Waals surface area contributed by atoms with E-state index in [0.29, 0.717) is 5.39 Å². The lowest BCUT2D eigenvalue weighted by Gasteiger charge is -2.54. The predicted molar refractivity (Wildman–Crippen MR) is 131 cm³/mol. The molecule has 0 N–H and O–H groups in total. The molecule has 0 saturated heterocycles. The minimum Gasteiger partial charge on any atom is -0.744 e. The summed E-state index contributed by atoms with van der Waals surface area (Å²) in [5.41, 5.74) is 3.95. The highest BCUT2D eigenvalue weighted by atomic mass is 32.2. The Bertz CT molecular complexity index is 1580. The van der Waals surface area contributed by atoms with E-state index in [1.807, 2.05) is 31.2 Å². The smallest absolute Gasteiger partial charge is 0.318 e. The molecule has 0 aliphatic heterocycles. The number of esters is 1. The van der Waals surface area contributed by atoms with Gasteiger partial charge in [0.1, 0.15) is 15.9 Å². The SMILES string of the molecule is CC1C2c3ccccc3C(c3ccccc32)C1(C)C(=O)Oc1ccc(S(=O)(=O)[O-])c2ccccc12. The number of hydrogen-bond acceptors (Lipinski definition) is 5. The minimum absolute atomic E-state index is 0.0302. The van der Waals surface area contributed by atoms with Crippen LogP contribution in [0.2, 0.25) is 0 Å². The summed E-state index contributed by atoms with van der Waals surface area (Å²) in [5.74, 6) is -0.261. The molecular formula is C29H23O5S-. The molecule has 2 unspecified atom stereocenters. The van der Waals surface area contributed by atoms with Crippen molar-refractivity contribution in [3.63, 3.8) is 0 Å². The predicted octanol–water partition coefficient (Wildman–Crippen LogP) is 5.58. The van der Waals surface area contributed by atoms with Crippen molar-refractivity contribution in [1.82, 2.24) is 0 Å². The lowest BCUT2D eigenvalue weighted by molar-refractivity contribution is -0.150. The molecule has 4 aromatic rings. The quantitative estimate of drug-likeness (QED) is 0.216. The van der Waals surface area contributed by atoms with E-state index in [9.17, 15) is 17.8 Å². The average molecular weight is 484 g/mol. The highest BCUT2D eigenvalue weighted by Gasteiger charge is 2.59. The van der Waals surface area contributed by atoms with E-state index < -0.39 is 15.5 Å². The Morgan fingerprint density at radius 2 is 1.31 bits per heavy atom. The molecule has 4 aromatic carbocycles. The molecular weight excluding hydrogens is 460 g/mol. The van der Waals surface area contributed by atoms with Gasteiger partial charge in [-0.25, -0.2) is 8.42 Å². The molecule has 0 fully saturated rings. The fraction of sp³-hybridized carbons (Fsp3) is 0.207. The van der Waals surface area contributed by atoms with E-state index in [-0.39, 0.29) is 39.8 Å². The molecule has 3 aliphatic carbocycles. The first-order valence-corrected chi connectivity index (χ1v) is 13.0. The number of carbonyl (C=O) groups is 1. The maximum absolute atomic E-state index is 14.0. The van der Waals surface area contributed by atoms with Gasteiger partial charge >= 0.3 is 5.97 Å². The molecule has 0 amide bonds. The van der Waals surface area contributed by atoms with Crippen molar-refractivity contribution in [3.05, 3.63) is 107 Å². The molecule has 0 saturated carbocycles. The number of benzene rings is 4. The lowest BCUT2D eigenvalue weighted by Crippen LogP contribution is -2.52. The largest absolute Gasteiger partial charge is 0.744 e. The van der Waals surface area contributed by atoms with Crippen LogP contribution in [-0.4, -0.2) is 18.9 Å². The monoisotopic (exact) mass is 483 g/mol. The highest BCUT2D eigenvalue weighted by Crippen LogP contribution is 2.64. The third kappa shape index (κ3) is 3.03. The van der Waals surface area contributed by atoms with Crippen molar-refractivity contribution >= 4 is 26.9 Å².